The molecule has 1 heterocycles. The molecule has 50 heavy (non-hydrogen) atoms. The number of aliphatic imine (C=N–C) groups is 1. The van der Waals surface area contributed by atoms with Crippen LogP contribution in [0.5, 0.6) is 5.75 Å². The van der Waals surface area contributed by atoms with E-state index in [0.29, 0.717) is 18.4 Å². The Labute approximate surface area is 289 Å². The third-order valence-corrected chi connectivity index (χ3v) is 8.25. The lowest BCUT2D eigenvalue weighted by Crippen LogP contribution is -2.58. The molecule has 4 atom stereocenters. The smallest absolute Gasteiger partial charge is 0.243 e. The van der Waals surface area contributed by atoms with Crippen molar-refractivity contribution in [3.05, 3.63) is 77.9 Å². The number of nitrogens with one attached hydrogen (secondary N) is 5. The molecule has 0 radical (unpaired) electrons. The van der Waals surface area contributed by atoms with Gasteiger partial charge in [0.25, 0.3) is 0 Å². The van der Waals surface area contributed by atoms with E-state index in [0.717, 1.165) is 16.3 Å². The molecule has 5 amide bonds. The van der Waals surface area contributed by atoms with Gasteiger partial charge in [0.15, 0.2) is 5.96 Å². The third kappa shape index (κ3) is 11.2. The molecule has 0 aliphatic carbocycles. The number of carbonyl (C=O) groups excluding carboxylic acids is 5. The average Bonchev–Trinajstić information content (AvgIpc) is 3.09. The number of phenols is 1. The Morgan fingerprint density at radius 2 is 1.24 bits per heavy atom. The van der Waals surface area contributed by atoms with E-state index in [1.54, 1.807) is 12.1 Å². The molecule has 1 fully saturated rings. The number of guanidine groups is 1. The second-order valence-corrected chi connectivity index (χ2v) is 12.2. The molecule has 0 aromatic heterocycles. The summed E-state index contributed by atoms with van der Waals surface area (Å²) in [5.74, 6) is -3.35. The van der Waals surface area contributed by atoms with Gasteiger partial charge in [-0.2, -0.15) is 0 Å². The van der Waals surface area contributed by atoms with Crippen LogP contribution in [0.1, 0.15) is 36.8 Å². The van der Waals surface area contributed by atoms with E-state index in [4.69, 9.17) is 17.2 Å². The zero-order valence-corrected chi connectivity index (χ0v) is 27.7. The number of hydrogen-bond acceptors (Lipinski definition) is 8. The van der Waals surface area contributed by atoms with Crippen LogP contribution in [0.2, 0.25) is 0 Å². The molecular formula is C35H45N9O6. The molecule has 0 unspecified atom stereocenters. The quantitative estimate of drug-likeness (QED) is 0.0693. The number of benzene rings is 3. The predicted octanol–water partition coefficient (Wildman–Crippen LogP) is -0.808. The SMILES string of the molecule is NCCC[C@@H]1NC(=O)[C@H](CCCN=C(N)N)NC(=O)[C@@H](Cc2ccc(O)cc2)NC(=O)CNC(=O)[C@H](Cc2ccc3ccccc3c2)NC1=O. The van der Waals surface area contributed by atoms with E-state index in [-0.39, 0.29) is 50.5 Å². The number of nitrogens with two attached hydrogens (primary N) is 3. The van der Waals surface area contributed by atoms with Gasteiger partial charge in [0, 0.05) is 19.4 Å². The minimum Gasteiger partial charge on any atom is -0.508 e. The van der Waals surface area contributed by atoms with Gasteiger partial charge in [0.1, 0.15) is 29.9 Å². The summed E-state index contributed by atoms with van der Waals surface area (Å²) in [7, 11) is 0. The number of nitrogens with zero attached hydrogens (tertiary/aromatic N) is 1. The number of rotatable bonds is 11. The van der Waals surface area contributed by atoms with E-state index in [1.807, 2.05) is 42.5 Å². The minimum atomic E-state index is -1.16. The van der Waals surface area contributed by atoms with Crippen molar-refractivity contribution < 1.29 is 29.1 Å². The summed E-state index contributed by atoms with van der Waals surface area (Å²) in [5, 5.41) is 25.1. The number of carbonyl (C=O) groups is 5. The fraction of sp³-hybridized carbons (Fsp3) is 0.371. The summed E-state index contributed by atoms with van der Waals surface area (Å²) in [6.45, 7) is -0.0684. The van der Waals surface area contributed by atoms with Crippen LogP contribution in [0.25, 0.3) is 10.8 Å². The average molecular weight is 688 g/mol. The highest BCUT2D eigenvalue weighted by Gasteiger charge is 2.32. The first-order valence-corrected chi connectivity index (χ1v) is 16.5. The third-order valence-electron chi connectivity index (χ3n) is 8.25. The van der Waals surface area contributed by atoms with Crippen molar-refractivity contribution in [2.45, 2.75) is 62.7 Å². The van der Waals surface area contributed by atoms with Gasteiger partial charge in [-0.25, -0.2) is 0 Å². The van der Waals surface area contributed by atoms with Gasteiger partial charge in [0.2, 0.25) is 29.5 Å². The van der Waals surface area contributed by atoms with E-state index >= 15 is 0 Å². The topological polar surface area (TPSA) is 256 Å². The van der Waals surface area contributed by atoms with Crippen molar-refractivity contribution in [1.29, 1.82) is 0 Å². The molecule has 15 heteroatoms. The summed E-state index contributed by atoms with van der Waals surface area (Å²) < 4.78 is 0. The summed E-state index contributed by atoms with van der Waals surface area (Å²) in [4.78, 5) is 71.9. The van der Waals surface area contributed by atoms with Crippen LogP contribution in [0.15, 0.2) is 71.7 Å². The molecule has 1 aliphatic rings. The fourth-order valence-electron chi connectivity index (χ4n) is 5.60. The van der Waals surface area contributed by atoms with Crippen molar-refractivity contribution in [2.24, 2.45) is 22.2 Å². The molecule has 0 bridgehead atoms. The summed E-state index contributed by atoms with van der Waals surface area (Å²) in [6, 6.07) is 15.0. The summed E-state index contributed by atoms with van der Waals surface area (Å²) in [6.07, 6.45) is 1.06. The van der Waals surface area contributed by atoms with E-state index < -0.39 is 60.2 Å². The first-order valence-electron chi connectivity index (χ1n) is 16.5. The zero-order valence-electron chi connectivity index (χ0n) is 27.7. The maximum Gasteiger partial charge on any atom is 0.243 e. The Morgan fingerprint density at radius 1 is 0.680 bits per heavy atom. The maximum atomic E-state index is 13.8. The maximum absolute atomic E-state index is 13.8. The Hall–Kier alpha value is -5.70. The van der Waals surface area contributed by atoms with Crippen molar-refractivity contribution in [3.63, 3.8) is 0 Å². The van der Waals surface area contributed by atoms with Crippen LogP contribution in [0.3, 0.4) is 0 Å². The molecular weight excluding hydrogens is 642 g/mol. The van der Waals surface area contributed by atoms with Gasteiger partial charge in [-0.1, -0.05) is 54.6 Å². The van der Waals surface area contributed by atoms with E-state index in [2.05, 4.69) is 31.6 Å². The Balaban J connectivity index is 1.66. The summed E-state index contributed by atoms with van der Waals surface area (Å²) in [5.41, 5.74) is 18.0. The van der Waals surface area contributed by atoms with Crippen LogP contribution >= 0.6 is 0 Å². The van der Waals surface area contributed by atoms with E-state index in [9.17, 15) is 29.1 Å². The van der Waals surface area contributed by atoms with Crippen molar-refractivity contribution in [2.75, 3.05) is 19.6 Å². The van der Waals surface area contributed by atoms with Crippen molar-refractivity contribution in [3.8, 4) is 5.75 Å². The van der Waals surface area contributed by atoms with Gasteiger partial charge in [0.05, 0.1) is 6.54 Å². The first kappa shape index (κ1) is 37.1. The lowest BCUT2D eigenvalue weighted by molar-refractivity contribution is -0.134. The van der Waals surface area contributed by atoms with Gasteiger partial charge in [-0.15, -0.1) is 0 Å². The molecule has 266 valence electrons. The lowest BCUT2D eigenvalue weighted by atomic mass is 10.0. The van der Waals surface area contributed by atoms with Crippen LogP contribution in [0, 0.1) is 0 Å². The van der Waals surface area contributed by atoms with Crippen molar-refractivity contribution in [1.82, 2.24) is 26.6 Å². The Morgan fingerprint density at radius 3 is 1.90 bits per heavy atom. The molecule has 3 aromatic rings. The molecule has 12 N–H and O–H groups in total. The normalized spacial score (nSPS) is 20.7. The number of hydrogen-bond donors (Lipinski definition) is 9. The fourth-order valence-corrected chi connectivity index (χ4v) is 5.60. The Kier molecular flexibility index (Phi) is 13.5. The Bertz CT molecular complexity index is 1690. The second-order valence-electron chi connectivity index (χ2n) is 12.2. The largest absolute Gasteiger partial charge is 0.508 e. The van der Waals surface area contributed by atoms with Crippen LogP contribution in [-0.2, 0) is 36.8 Å². The second kappa shape index (κ2) is 18.2. The van der Waals surface area contributed by atoms with Gasteiger partial charge in [-0.05, 0) is 66.3 Å². The lowest BCUT2D eigenvalue weighted by Gasteiger charge is -2.26. The standard InChI is InChI=1S/C35H45N9O6/c36-15-3-7-26-33(49)44-28(19-22-9-12-23-5-1-2-6-24(23)17-22)31(47)40-20-30(46)41-29(18-21-10-13-25(45)14-11-21)34(50)43-27(32(48)42-26)8-4-16-39-35(37)38/h1-2,5-6,9-14,17,26-29,45H,3-4,7-8,15-16,18-20,36H2,(H,40,47)(H,41,46)(H,42,48)(H,43,50)(H,44,49)(H4,37,38,39)/t26-,27-,28-,29+/m0/s1. The van der Waals surface area contributed by atoms with Crippen LogP contribution < -0.4 is 43.8 Å². The molecule has 3 aromatic carbocycles. The molecule has 1 aliphatic heterocycles. The molecule has 1 saturated heterocycles. The monoisotopic (exact) mass is 687 g/mol. The van der Waals surface area contributed by atoms with Crippen LogP contribution in [0.4, 0.5) is 0 Å². The van der Waals surface area contributed by atoms with E-state index in [1.165, 1.54) is 12.1 Å². The molecule has 4 rings (SSSR count). The summed E-state index contributed by atoms with van der Waals surface area (Å²) >= 11 is 0. The van der Waals surface area contributed by atoms with Crippen molar-refractivity contribution >= 4 is 46.3 Å². The molecule has 0 spiro atoms. The number of amides is 5. The molecule has 15 nitrogen and oxygen atoms in total. The first-order chi connectivity index (χ1) is 24.0. The molecule has 0 saturated carbocycles. The van der Waals surface area contributed by atoms with Gasteiger partial charge < -0.3 is 48.9 Å². The number of aromatic hydroxyl groups is 1. The van der Waals surface area contributed by atoms with Gasteiger partial charge >= 0.3 is 0 Å². The highest BCUT2D eigenvalue weighted by molar-refractivity contribution is 5.97. The number of fused-ring (bicyclic) bond motifs is 1. The number of phenolic OH excluding ortho intramolecular Hbond substituents is 1. The predicted molar refractivity (Wildman–Crippen MR) is 188 cm³/mol. The highest BCUT2D eigenvalue weighted by Crippen LogP contribution is 2.17. The van der Waals surface area contributed by atoms with Crippen LogP contribution in [-0.4, -0.2) is 84.4 Å². The highest BCUT2D eigenvalue weighted by atomic mass is 16.3. The van der Waals surface area contributed by atoms with Gasteiger partial charge in [-0.3, -0.25) is 29.0 Å². The zero-order chi connectivity index (χ0) is 36.0. The minimum absolute atomic E-state index is 0.0118.